The molecule has 1 aromatic carbocycles. The minimum Gasteiger partial charge on any atom is -0.496 e. The molecule has 4 heteroatoms. The lowest BCUT2D eigenvalue weighted by Gasteiger charge is -2.15. The van der Waals surface area contributed by atoms with Gasteiger partial charge in [0.25, 0.3) is 0 Å². The molecular formula is C13H16O4. The fourth-order valence-corrected chi connectivity index (χ4v) is 1.88. The van der Waals surface area contributed by atoms with Crippen LogP contribution in [0.15, 0.2) is 12.1 Å². The third kappa shape index (κ3) is 2.52. The summed E-state index contributed by atoms with van der Waals surface area (Å²) in [6, 6.07) is 3.63. The van der Waals surface area contributed by atoms with Crippen LogP contribution in [0.2, 0.25) is 0 Å². The standard InChI is InChI=1S/C13H16O4/c1-9(14)8-10-11(15-2)4-5-12-13(10)17-7-3-6-16-12/h4-5H,3,6-8H2,1-2H3. The van der Waals surface area contributed by atoms with Gasteiger partial charge in [0.2, 0.25) is 0 Å². The van der Waals surface area contributed by atoms with Crippen LogP contribution < -0.4 is 14.2 Å². The maximum Gasteiger partial charge on any atom is 0.168 e. The quantitative estimate of drug-likeness (QED) is 0.805. The summed E-state index contributed by atoms with van der Waals surface area (Å²) < 4.78 is 16.5. The normalized spacial score (nSPS) is 14.0. The Bertz CT molecular complexity index is 426. The first-order chi connectivity index (χ1) is 8.22. The summed E-state index contributed by atoms with van der Waals surface area (Å²) in [5.74, 6) is 2.09. The van der Waals surface area contributed by atoms with E-state index in [0.717, 1.165) is 12.0 Å². The largest absolute Gasteiger partial charge is 0.496 e. The summed E-state index contributed by atoms with van der Waals surface area (Å²) in [5, 5.41) is 0. The van der Waals surface area contributed by atoms with Crippen LogP contribution in [0.4, 0.5) is 0 Å². The molecule has 0 unspecified atom stereocenters. The molecule has 1 heterocycles. The highest BCUT2D eigenvalue weighted by atomic mass is 16.5. The van der Waals surface area contributed by atoms with E-state index in [1.165, 1.54) is 0 Å². The van der Waals surface area contributed by atoms with Gasteiger partial charge in [-0.1, -0.05) is 0 Å². The van der Waals surface area contributed by atoms with E-state index < -0.39 is 0 Å². The van der Waals surface area contributed by atoms with Gasteiger partial charge in [-0.05, 0) is 19.1 Å². The minimum absolute atomic E-state index is 0.0737. The molecule has 0 amide bonds. The summed E-state index contributed by atoms with van der Waals surface area (Å²) in [6.45, 7) is 2.79. The van der Waals surface area contributed by atoms with Crippen LogP contribution in [0.25, 0.3) is 0 Å². The summed E-state index contributed by atoms with van der Waals surface area (Å²) in [7, 11) is 1.59. The second-order valence-electron chi connectivity index (χ2n) is 4.00. The second kappa shape index (κ2) is 5.08. The number of benzene rings is 1. The molecule has 0 spiro atoms. The smallest absolute Gasteiger partial charge is 0.168 e. The molecule has 0 bridgehead atoms. The van der Waals surface area contributed by atoms with Crippen LogP contribution in [0.1, 0.15) is 18.9 Å². The van der Waals surface area contributed by atoms with E-state index in [1.807, 2.05) is 12.1 Å². The van der Waals surface area contributed by atoms with Gasteiger partial charge < -0.3 is 14.2 Å². The molecule has 0 fully saturated rings. The maximum absolute atomic E-state index is 11.3. The van der Waals surface area contributed by atoms with Gasteiger partial charge in [-0.2, -0.15) is 0 Å². The number of carbonyl (C=O) groups is 1. The van der Waals surface area contributed by atoms with Crippen molar-refractivity contribution in [3.63, 3.8) is 0 Å². The third-order valence-electron chi connectivity index (χ3n) is 2.62. The zero-order valence-corrected chi connectivity index (χ0v) is 10.1. The fourth-order valence-electron chi connectivity index (χ4n) is 1.88. The van der Waals surface area contributed by atoms with E-state index >= 15 is 0 Å². The van der Waals surface area contributed by atoms with Gasteiger partial charge in [0, 0.05) is 18.4 Å². The van der Waals surface area contributed by atoms with Crippen molar-refractivity contribution >= 4 is 5.78 Å². The first kappa shape index (κ1) is 11.8. The number of methoxy groups -OCH3 is 1. The minimum atomic E-state index is 0.0737. The molecule has 92 valence electrons. The molecule has 1 aliphatic heterocycles. The molecule has 1 aromatic rings. The van der Waals surface area contributed by atoms with E-state index in [2.05, 4.69) is 0 Å². The van der Waals surface area contributed by atoms with E-state index in [1.54, 1.807) is 14.0 Å². The van der Waals surface area contributed by atoms with Crippen molar-refractivity contribution in [3.05, 3.63) is 17.7 Å². The Labute approximate surface area is 100 Å². The number of fused-ring (bicyclic) bond motifs is 1. The highest BCUT2D eigenvalue weighted by molar-refractivity contribution is 5.80. The van der Waals surface area contributed by atoms with Crippen LogP contribution >= 0.6 is 0 Å². The first-order valence-electron chi connectivity index (χ1n) is 5.67. The number of ether oxygens (including phenoxy) is 3. The number of carbonyl (C=O) groups excluding carboxylic acids is 1. The van der Waals surface area contributed by atoms with Crippen molar-refractivity contribution in [1.82, 2.24) is 0 Å². The van der Waals surface area contributed by atoms with Crippen molar-refractivity contribution < 1.29 is 19.0 Å². The number of ketones is 1. The average molecular weight is 236 g/mol. The van der Waals surface area contributed by atoms with Crippen molar-refractivity contribution in [3.8, 4) is 17.2 Å². The highest BCUT2D eigenvalue weighted by Crippen LogP contribution is 2.39. The van der Waals surface area contributed by atoms with E-state index in [9.17, 15) is 4.79 Å². The Kier molecular flexibility index (Phi) is 3.52. The Hall–Kier alpha value is -1.71. The monoisotopic (exact) mass is 236 g/mol. The Morgan fingerprint density at radius 1 is 1.35 bits per heavy atom. The van der Waals surface area contributed by atoms with Crippen LogP contribution in [0, 0.1) is 0 Å². The number of rotatable bonds is 3. The topological polar surface area (TPSA) is 44.8 Å². The van der Waals surface area contributed by atoms with Crippen molar-refractivity contribution in [2.45, 2.75) is 19.8 Å². The number of hydrogen-bond acceptors (Lipinski definition) is 4. The lowest BCUT2D eigenvalue weighted by atomic mass is 10.1. The predicted molar refractivity (Wildman–Crippen MR) is 63.0 cm³/mol. The Morgan fingerprint density at radius 3 is 2.82 bits per heavy atom. The van der Waals surface area contributed by atoms with Gasteiger partial charge in [-0.3, -0.25) is 4.79 Å². The lowest BCUT2D eigenvalue weighted by Crippen LogP contribution is -2.04. The summed E-state index contributed by atoms with van der Waals surface area (Å²) in [6.07, 6.45) is 1.15. The van der Waals surface area contributed by atoms with Gasteiger partial charge >= 0.3 is 0 Å². The Morgan fingerprint density at radius 2 is 2.12 bits per heavy atom. The maximum atomic E-state index is 11.3. The molecule has 0 aliphatic carbocycles. The van der Waals surface area contributed by atoms with Crippen LogP contribution in [-0.2, 0) is 11.2 Å². The second-order valence-corrected chi connectivity index (χ2v) is 4.00. The van der Waals surface area contributed by atoms with Crippen molar-refractivity contribution in [1.29, 1.82) is 0 Å². The summed E-state index contributed by atoms with van der Waals surface area (Å²) in [4.78, 5) is 11.3. The molecule has 2 rings (SSSR count). The Balaban J connectivity index is 2.46. The summed E-state index contributed by atoms with van der Waals surface area (Å²) >= 11 is 0. The molecule has 0 atom stereocenters. The van der Waals surface area contributed by atoms with Gasteiger partial charge in [0.15, 0.2) is 11.5 Å². The summed E-state index contributed by atoms with van der Waals surface area (Å²) in [5.41, 5.74) is 0.777. The van der Waals surface area contributed by atoms with E-state index in [0.29, 0.717) is 36.9 Å². The lowest BCUT2D eigenvalue weighted by molar-refractivity contribution is -0.116. The molecule has 0 N–H and O–H groups in total. The molecule has 0 saturated carbocycles. The average Bonchev–Trinajstić information content (AvgIpc) is 2.54. The first-order valence-corrected chi connectivity index (χ1v) is 5.67. The van der Waals surface area contributed by atoms with Gasteiger partial charge in [0.05, 0.1) is 20.3 Å². The molecule has 0 saturated heterocycles. The predicted octanol–water partition coefficient (Wildman–Crippen LogP) is 1.99. The molecule has 1 aliphatic rings. The third-order valence-corrected chi connectivity index (χ3v) is 2.62. The SMILES string of the molecule is COc1ccc2c(c1CC(C)=O)OCCCO2. The van der Waals surface area contributed by atoms with Gasteiger partial charge in [-0.15, -0.1) is 0 Å². The number of Topliss-reactive ketones (excluding diaryl/α,β-unsaturated/α-hetero) is 1. The molecule has 4 nitrogen and oxygen atoms in total. The van der Waals surface area contributed by atoms with Gasteiger partial charge in [-0.25, -0.2) is 0 Å². The van der Waals surface area contributed by atoms with E-state index in [-0.39, 0.29) is 5.78 Å². The molecular weight excluding hydrogens is 220 g/mol. The number of hydrogen-bond donors (Lipinski definition) is 0. The zero-order chi connectivity index (χ0) is 12.3. The van der Waals surface area contributed by atoms with Crippen molar-refractivity contribution in [2.75, 3.05) is 20.3 Å². The molecule has 0 radical (unpaired) electrons. The van der Waals surface area contributed by atoms with Crippen LogP contribution in [0.5, 0.6) is 17.2 Å². The molecule has 17 heavy (non-hydrogen) atoms. The van der Waals surface area contributed by atoms with Crippen LogP contribution in [0.3, 0.4) is 0 Å². The fraction of sp³-hybridized carbons (Fsp3) is 0.462. The van der Waals surface area contributed by atoms with Gasteiger partial charge in [0.1, 0.15) is 11.5 Å². The molecule has 0 aromatic heterocycles. The van der Waals surface area contributed by atoms with Crippen molar-refractivity contribution in [2.24, 2.45) is 0 Å². The van der Waals surface area contributed by atoms with Crippen LogP contribution in [-0.4, -0.2) is 26.1 Å². The zero-order valence-electron chi connectivity index (χ0n) is 10.1. The van der Waals surface area contributed by atoms with E-state index in [4.69, 9.17) is 14.2 Å². The highest BCUT2D eigenvalue weighted by Gasteiger charge is 2.19.